The highest BCUT2D eigenvalue weighted by Gasteiger charge is 2.37. The Labute approximate surface area is 268 Å². The molecule has 0 amide bonds. The van der Waals surface area contributed by atoms with Gasteiger partial charge < -0.3 is 9.97 Å². The zero-order valence-corrected chi connectivity index (χ0v) is 27.3. The number of rotatable bonds is 8. The number of imidazole rings is 2. The van der Waals surface area contributed by atoms with Gasteiger partial charge in [0, 0.05) is 11.1 Å². The molecule has 0 fully saturated rings. The fraction of sp³-hybridized carbons (Fsp3) is 0. The molecule has 0 spiro atoms. The van der Waals surface area contributed by atoms with Gasteiger partial charge >= 0.3 is 20.2 Å². The molecule has 8 N–H and O–H groups in total. The Balaban J connectivity index is 2.08. The second-order valence-corrected chi connectivity index (χ2v) is 17.5. The number of fused-ring (bicyclic) bond motifs is 2. The monoisotopic (exact) mass is 790 g/mol. The highest BCUT2D eigenvalue weighted by atomic mass is 32.2. The first-order valence-electron chi connectivity index (χ1n) is 11.7. The third kappa shape index (κ3) is 6.19. The standard InChI is InChI=1S/C20H14N4O18S6/c25-43(26,27)15-9(5-11-13(17(15)45(31,32)33)23-19(21-11)47(37,38)39)7-3-1-2-4-8(7)10-6-12-14(24-20(22-12)48(40,41)42)18(46(34,35)36)16(10)44(28,29)30/h1-6H,(H,21,23)(H,22,24)(H,25,26,27)(H,28,29,30)(H,31,32,33)(H,34,35,36)(H,37,38,39)(H,40,41,42). The van der Waals surface area contributed by atoms with Crippen LogP contribution in [0.3, 0.4) is 0 Å². The molecule has 0 radical (unpaired) electrons. The molecule has 0 aliphatic heterocycles. The Kier molecular flexibility index (Phi) is 7.94. The van der Waals surface area contributed by atoms with E-state index in [4.69, 9.17) is 0 Å². The van der Waals surface area contributed by atoms with Gasteiger partial charge in [-0.2, -0.15) is 50.5 Å². The van der Waals surface area contributed by atoms with E-state index in [9.17, 15) is 77.8 Å². The Hall–Kier alpha value is -3.94. The number of benzene rings is 3. The second-order valence-electron chi connectivity index (χ2n) is 9.44. The molecule has 0 saturated heterocycles. The Morgan fingerprint density at radius 2 is 0.708 bits per heavy atom. The van der Waals surface area contributed by atoms with Crippen molar-refractivity contribution in [2.24, 2.45) is 0 Å². The average molecular weight is 791 g/mol. The van der Waals surface area contributed by atoms with E-state index < -0.39 is 135 Å². The summed E-state index contributed by atoms with van der Waals surface area (Å²) in [6.45, 7) is 0. The summed E-state index contributed by atoms with van der Waals surface area (Å²) in [4.78, 5) is 3.56. The molecule has 0 bridgehead atoms. The first-order valence-corrected chi connectivity index (χ1v) is 20.3. The summed E-state index contributed by atoms with van der Waals surface area (Å²) in [6, 6.07) is 5.16. The van der Waals surface area contributed by atoms with Crippen molar-refractivity contribution in [1.82, 2.24) is 19.9 Å². The SMILES string of the molecule is O=S(=O)(O)c1nc2c(S(=O)(=O)O)c(S(=O)(=O)O)c(-c3ccccc3-c3cc4[nH]c(S(=O)(=O)O)nc4c(S(=O)(=O)O)c3S(=O)(=O)O)cc2[nH]1. The number of nitrogens with one attached hydrogen (secondary N) is 2. The Morgan fingerprint density at radius 3 is 0.958 bits per heavy atom. The lowest BCUT2D eigenvalue weighted by Gasteiger charge is -2.18. The lowest BCUT2D eigenvalue weighted by Crippen LogP contribution is -2.13. The van der Waals surface area contributed by atoms with Gasteiger partial charge in [-0.3, -0.25) is 27.3 Å². The zero-order chi connectivity index (χ0) is 36.2. The molecule has 0 saturated carbocycles. The van der Waals surface area contributed by atoms with Gasteiger partial charge in [0.1, 0.15) is 30.6 Å². The van der Waals surface area contributed by atoms with Crippen LogP contribution in [0.25, 0.3) is 44.3 Å². The summed E-state index contributed by atoms with van der Waals surface area (Å²) < 4.78 is 207. The van der Waals surface area contributed by atoms with Gasteiger partial charge in [-0.05, 0) is 23.3 Å². The van der Waals surface area contributed by atoms with E-state index >= 15 is 0 Å². The van der Waals surface area contributed by atoms with Crippen molar-refractivity contribution in [3.8, 4) is 22.3 Å². The molecule has 258 valence electrons. The summed E-state index contributed by atoms with van der Waals surface area (Å²) in [5.74, 6) is 0. The number of nitrogens with zero attached hydrogens (tertiary/aromatic N) is 2. The topological polar surface area (TPSA) is 384 Å². The predicted octanol–water partition coefficient (Wildman–Crippen LogP) is 0.253. The van der Waals surface area contributed by atoms with E-state index in [-0.39, 0.29) is 0 Å². The van der Waals surface area contributed by atoms with Crippen LogP contribution in [0, 0.1) is 0 Å². The van der Waals surface area contributed by atoms with Gasteiger partial charge in [-0.25, -0.2) is 9.97 Å². The molecule has 3 aromatic carbocycles. The molecule has 5 rings (SSSR count). The number of aromatic nitrogens is 4. The number of aromatic amines is 2. The molecule has 2 aromatic heterocycles. The highest BCUT2D eigenvalue weighted by molar-refractivity contribution is 7.90. The van der Waals surface area contributed by atoms with Gasteiger partial charge in [-0.1, -0.05) is 24.3 Å². The lowest BCUT2D eigenvalue weighted by atomic mass is 9.94. The largest absolute Gasteiger partial charge is 0.328 e. The van der Waals surface area contributed by atoms with E-state index in [0.29, 0.717) is 12.1 Å². The van der Waals surface area contributed by atoms with Crippen molar-refractivity contribution in [1.29, 1.82) is 0 Å². The third-order valence-corrected chi connectivity index (χ3v) is 11.7. The van der Waals surface area contributed by atoms with Crippen LogP contribution in [-0.4, -0.2) is 97.8 Å². The second kappa shape index (κ2) is 10.8. The van der Waals surface area contributed by atoms with Crippen LogP contribution < -0.4 is 0 Å². The van der Waals surface area contributed by atoms with E-state index in [0.717, 1.165) is 24.3 Å². The third-order valence-electron chi connectivity index (χ3n) is 6.36. The van der Waals surface area contributed by atoms with Gasteiger partial charge in [0.05, 0.1) is 11.0 Å². The predicted molar refractivity (Wildman–Crippen MR) is 156 cm³/mol. The molecule has 0 atom stereocenters. The van der Waals surface area contributed by atoms with Crippen LogP contribution in [-0.2, 0) is 60.7 Å². The van der Waals surface area contributed by atoms with Crippen molar-refractivity contribution in [2.45, 2.75) is 29.9 Å². The summed E-state index contributed by atoms with van der Waals surface area (Å²) in [6.07, 6.45) is 0. The van der Waals surface area contributed by atoms with Gasteiger partial charge in [0.2, 0.25) is 0 Å². The maximum absolute atomic E-state index is 12.7. The fourth-order valence-corrected chi connectivity index (χ4v) is 9.95. The van der Waals surface area contributed by atoms with Crippen LogP contribution >= 0.6 is 0 Å². The van der Waals surface area contributed by atoms with Crippen molar-refractivity contribution >= 4 is 82.8 Å². The van der Waals surface area contributed by atoms with Crippen LogP contribution in [0.4, 0.5) is 0 Å². The summed E-state index contributed by atoms with van der Waals surface area (Å²) >= 11 is 0. The van der Waals surface area contributed by atoms with Crippen LogP contribution in [0.5, 0.6) is 0 Å². The molecule has 0 unspecified atom stereocenters. The molecular formula is C20H14N4O18S6. The van der Waals surface area contributed by atoms with Crippen LogP contribution in [0.2, 0.25) is 0 Å². The Morgan fingerprint density at radius 1 is 0.417 bits per heavy atom. The van der Waals surface area contributed by atoms with Crippen molar-refractivity contribution in [3.05, 3.63) is 36.4 Å². The quantitative estimate of drug-likeness (QED) is 0.0976. The summed E-state index contributed by atoms with van der Waals surface area (Å²) in [5, 5.41) is -2.75. The maximum Gasteiger partial charge on any atom is 0.328 e. The van der Waals surface area contributed by atoms with Crippen LogP contribution in [0.1, 0.15) is 0 Å². The van der Waals surface area contributed by atoms with Crippen molar-refractivity contribution < 1.29 is 77.8 Å². The molecule has 48 heavy (non-hydrogen) atoms. The number of hydrogen-bond acceptors (Lipinski definition) is 14. The minimum absolute atomic E-state index is 0.607. The van der Waals surface area contributed by atoms with Crippen molar-refractivity contribution in [3.63, 3.8) is 0 Å². The summed E-state index contributed by atoms with van der Waals surface area (Å²) in [7, 11) is -33.9. The van der Waals surface area contributed by atoms with Gasteiger partial charge in [-0.15, -0.1) is 0 Å². The van der Waals surface area contributed by atoms with Crippen molar-refractivity contribution in [2.75, 3.05) is 0 Å². The highest BCUT2D eigenvalue weighted by Crippen LogP contribution is 2.45. The normalized spacial score (nSPS) is 13.8. The number of hydrogen-bond donors (Lipinski definition) is 8. The zero-order valence-electron chi connectivity index (χ0n) is 22.4. The Bertz CT molecular complexity index is 2730. The minimum atomic E-state index is -5.85. The molecule has 28 heteroatoms. The van der Waals surface area contributed by atoms with E-state index in [1.54, 1.807) is 0 Å². The summed E-state index contributed by atoms with van der Waals surface area (Å²) in [5.41, 5.74) is -7.19. The van der Waals surface area contributed by atoms with Gasteiger partial charge in [0.25, 0.3) is 50.8 Å². The first-order chi connectivity index (χ1) is 21.6. The van der Waals surface area contributed by atoms with E-state index in [1.165, 1.54) is 0 Å². The molecule has 22 nitrogen and oxygen atoms in total. The molecule has 0 aliphatic rings. The van der Waals surface area contributed by atoms with E-state index in [1.807, 2.05) is 9.97 Å². The smallest absolute Gasteiger partial charge is 0.327 e. The lowest BCUT2D eigenvalue weighted by molar-refractivity contribution is 0.467. The molecule has 2 heterocycles. The fourth-order valence-electron chi connectivity index (χ4n) is 4.75. The average Bonchev–Trinajstić information content (AvgIpc) is 3.53. The molecule has 0 aliphatic carbocycles. The van der Waals surface area contributed by atoms with Gasteiger partial charge in [0.15, 0.2) is 0 Å². The molecular weight excluding hydrogens is 777 g/mol. The first kappa shape index (κ1) is 35.4. The van der Waals surface area contributed by atoms with Crippen LogP contribution in [0.15, 0.2) is 66.3 Å². The maximum atomic E-state index is 12.7. The molecule has 5 aromatic rings. The number of H-pyrrole nitrogens is 2. The van der Waals surface area contributed by atoms with E-state index in [2.05, 4.69) is 9.97 Å². The minimum Gasteiger partial charge on any atom is -0.327 e.